The summed E-state index contributed by atoms with van der Waals surface area (Å²) in [5.74, 6) is 2.50. The first kappa shape index (κ1) is 11.1. The minimum atomic E-state index is -0.260. The topological polar surface area (TPSA) is 38.3 Å². The molecule has 3 nitrogen and oxygen atoms in total. The molecule has 78 valence electrons. The Kier molecular flexibility index (Phi) is 4.48. The first-order valence-corrected chi connectivity index (χ1v) is 5.09. The van der Waals surface area contributed by atoms with Crippen molar-refractivity contribution in [3.05, 3.63) is 0 Å². The van der Waals surface area contributed by atoms with Crippen LogP contribution >= 0.6 is 0 Å². The van der Waals surface area contributed by atoms with Crippen molar-refractivity contribution in [2.24, 2.45) is 0 Å². The Morgan fingerprint density at radius 3 is 3.07 bits per heavy atom. The summed E-state index contributed by atoms with van der Waals surface area (Å²) in [7, 11) is 0. The first-order chi connectivity index (χ1) is 6.74. The molecule has 1 rings (SSSR count). The lowest BCUT2D eigenvalue weighted by Crippen LogP contribution is -2.42. The summed E-state index contributed by atoms with van der Waals surface area (Å²) in [5.41, 5.74) is 0. The van der Waals surface area contributed by atoms with E-state index in [1.807, 2.05) is 6.92 Å². The first-order valence-electron chi connectivity index (χ1n) is 5.09. The Hall–Kier alpha value is -1.01. The van der Waals surface area contributed by atoms with Crippen molar-refractivity contribution < 1.29 is 9.53 Å². The molecule has 0 aliphatic carbocycles. The van der Waals surface area contributed by atoms with E-state index in [4.69, 9.17) is 11.2 Å². The van der Waals surface area contributed by atoms with Gasteiger partial charge in [-0.1, -0.05) is 0 Å². The van der Waals surface area contributed by atoms with Crippen molar-refractivity contribution in [1.29, 1.82) is 0 Å². The van der Waals surface area contributed by atoms with Gasteiger partial charge in [-0.2, -0.15) is 0 Å². The van der Waals surface area contributed by atoms with Crippen LogP contribution in [0, 0.1) is 12.3 Å². The second-order valence-corrected chi connectivity index (χ2v) is 3.67. The lowest BCUT2D eigenvalue weighted by molar-refractivity contribution is -0.136. The molecule has 1 aliphatic heterocycles. The minimum absolute atomic E-state index is 0.0209. The number of nitrogens with one attached hydrogen (secondary N) is 1. The van der Waals surface area contributed by atoms with Gasteiger partial charge in [-0.05, 0) is 26.2 Å². The second-order valence-electron chi connectivity index (χ2n) is 3.67. The molecule has 1 heterocycles. The quantitative estimate of drug-likeness (QED) is 0.684. The van der Waals surface area contributed by atoms with Gasteiger partial charge in [0, 0.05) is 19.1 Å². The Morgan fingerprint density at radius 1 is 1.71 bits per heavy atom. The fourth-order valence-corrected chi connectivity index (χ4v) is 1.51. The summed E-state index contributed by atoms with van der Waals surface area (Å²) in [6.45, 7) is 2.60. The molecule has 1 aliphatic rings. The molecule has 1 saturated heterocycles. The zero-order valence-corrected chi connectivity index (χ0v) is 8.58. The van der Waals surface area contributed by atoms with Crippen molar-refractivity contribution in [3.8, 4) is 12.3 Å². The molecule has 0 radical (unpaired) electrons. The van der Waals surface area contributed by atoms with E-state index in [0.29, 0.717) is 13.0 Å². The molecule has 0 aromatic rings. The third kappa shape index (κ3) is 3.39. The van der Waals surface area contributed by atoms with Crippen LogP contribution in [0.5, 0.6) is 0 Å². The van der Waals surface area contributed by atoms with Gasteiger partial charge in [-0.15, -0.1) is 12.3 Å². The van der Waals surface area contributed by atoms with Crippen LogP contribution in [0.3, 0.4) is 0 Å². The van der Waals surface area contributed by atoms with Gasteiger partial charge in [-0.3, -0.25) is 4.79 Å². The Bertz CT molecular complexity index is 226. The van der Waals surface area contributed by atoms with Crippen molar-refractivity contribution >= 4 is 5.91 Å². The molecule has 0 bridgehead atoms. The van der Waals surface area contributed by atoms with Gasteiger partial charge >= 0.3 is 0 Å². The molecule has 14 heavy (non-hydrogen) atoms. The molecule has 2 atom stereocenters. The standard InChI is InChI=1S/C11H17NO2/c1-3-6-9(2)12-11(13)10-7-4-5-8-14-10/h1,9-10H,4-8H2,2H3,(H,12,13). The number of ether oxygens (including phenoxy) is 1. The summed E-state index contributed by atoms with van der Waals surface area (Å²) >= 11 is 0. The van der Waals surface area contributed by atoms with Crippen molar-refractivity contribution in [2.45, 2.75) is 44.8 Å². The smallest absolute Gasteiger partial charge is 0.249 e. The summed E-state index contributed by atoms with van der Waals surface area (Å²) in [4.78, 5) is 11.6. The monoisotopic (exact) mass is 195 g/mol. The summed E-state index contributed by atoms with van der Waals surface area (Å²) in [6, 6.07) is 0.0398. The lowest BCUT2D eigenvalue weighted by Gasteiger charge is -2.23. The fraction of sp³-hybridized carbons (Fsp3) is 0.727. The zero-order valence-electron chi connectivity index (χ0n) is 8.58. The van der Waals surface area contributed by atoms with E-state index in [0.717, 1.165) is 19.3 Å². The largest absolute Gasteiger partial charge is 0.368 e. The van der Waals surface area contributed by atoms with Crippen molar-refractivity contribution in [2.75, 3.05) is 6.61 Å². The van der Waals surface area contributed by atoms with Gasteiger partial charge < -0.3 is 10.1 Å². The fourth-order valence-electron chi connectivity index (χ4n) is 1.51. The van der Waals surface area contributed by atoms with E-state index in [2.05, 4.69) is 11.2 Å². The molecular weight excluding hydrogens is 178 g/mol. The Labute approximate surface area is 85.2 Å². The van der Waals surface area contributed by atoms with Crippen molar-refractivity contribution in [3.63, 3.8) is 0 Å². The second kappa shape index (κ2) is 5.66. The number of terminal acetylenes is 1. The maximum Gasteiger partial charge on any atom is 0.249 e. The third-order valence-electron chi connectivity index (χ3n) is 2.28. The molecule has 1 fully saturated rings. The molecular formula is C11H17NO2. The van der Waals surface area contributed by atoms with Crippen LogP contribution in [0.2, 0.25) is 0 Å². The molecule has 0 aromatic carbocycles. The zero-order chi connectivity index (χ0) is 10.4. The van der Waals surface area contributed by atoms with Crippen LogP contribution < -0.4 is 5.32 Å². The van der Waals surface area contributed by atoms with E-state index in [9.17, 15) is 4.79 Å². The highest BCUT2D eigenvalue weighted by molar-refractivity contribution is 5.81. The lowest BCUT2D eigenvalue weighted by atomic mass is 10.1. The van der Waals surface area contributed by atoms with Crippen LogP contribution in [0.15, 0.2) is 0 Å². The molecule has 2 unspecified atom stereocenters. The highest BCUT2D eigenvalue weighted by atomic mass is 16.5. The van der Waals surface area contributed by atoms with E-state index >= 15 is 0 Å². The van der Waals surface area contributed by atoms with E-state index in [1.165, 1.54) is 0 Å². The highest BCUT2D eigenvalue weighted by Crippen LogP contribution is 2.12. The number of rotatable bonds is 3. The molecule has 0 spiro atoms. The summed E-state index contributed by atoms with van der Waals surface area (Å²) < 4.78 is 5.36. The van der Waals surface area contributed by atoms with Crippen LogP contribution in [-0.4, -0.2) is 24.7 Å². The Morgan fingerprint density at radius 2 is 2.50 bits per heavy atom. The molecule has 0 aromatic heterocycles. The van der Waals surface area contributed by atoms with Crippen LogP contribution in [0.4, 0.5) is 0 Å². The predicted molar refractivity (Wildman–Crippen MR) is 54.6 cm³/mol. The average molecular weight is 195 g/mol. The minimum Gasteiger partial charge on any atom is -0.368 e. The number of hydrogen-bond donors (Lipinski definition) is 1. The Balaban J connectivity index is 2.30. The van der Waals surface area contributed by atoms with E-state index in [1.54, 1.807) is 0 Å². The van der Waals surface area contributed by atoms with E-state index < -0.39 is 0 Å². The third-order valence-corrected chi connectivity index (χ3v) is 2.28. The van der Waals surface area contributed by atoms with E-state index in [-0.39, 0.29) is 18.1 Å². The van der Waals surface area contributed by atoms with Crippen LogP contribution in [0.1, 0.15) is 32.6 Å². The maximum atomic E-state index is 11.6. The SMILES string of the molecule is C#CCC(C)NC(=O)C1CCCCO1. The number of carbonyl (C=O) groups is 1. The number of hydrogen-bond acceptors (Lipinski definition) is 2. The molecule has 1 N–H and O–H groups in total. The molecule has 1 amide bonds. The predicted octanol–water partition coefficient (Wildman–Crippen LogP) is 1.08. The molecule has 3 heteroatoms. The van der Waals surface area contributed by atoms with Gasteiger partial charge in [0.1, 0.15) is 6.10 Å². The normalized spacial score (nSPS) is 23.6. The van der Waals surface area contributed by atoms with Gasteiger partial charge in [0.25, 0.3) is 0 Å². The summed E-state index contributed by atoms with van der Waals surface area (Å²) in [5, 5.41) is 2.84. The van der Waals surface area contributed by atoms with Gasteiger partial charge in [0.05, 0.1) is 0 Å². The highest BCUT2D eigenvalue weighted by Gasteiger charge is 2.22. The van der Waals surface area contributed by atoms with Gasteiger partial charge in [0.15, 0.2) is 0 Å². The van der Waals surface area contributed by atoms with Gasteiger partial charge in [0.2, 0.25) is 5.91 Å². The van der Waals surface area contributed by atoms with Crippen molar-refractivity contribution in [1.82, 2.24) is 5.32 Å². The van der Waals surface area contributed by atoms with Gasteiger partial charge in [-0.25, -0.2) is 0 Å². The van der Waals surface area contributed by atoms with Crippen LogP contribution in [0.25, 0.3) is 0 Å². The average Bonchev–Trinajstić information content (AvgIpc) is 2.19. The maximum absolute atomic E-state index is 11.6. The number of amides is 1. The van der Waals surface area contributed by atoms with Crippen LogP contribution in [-0.2, 0) is 9.53 Å². The molecule has 0 saturated carbocycles. The summed E-state index contributed by atoms with van der Waals surface area (Å²) in [6.07, 6.45) is 8.42. The number of carbonyl (C=O) groups excluding carboxylic acids is 1.